The van der Waals surface area contributed by atoms with Gasteiger partial charge >= 0.3 is 0 Å². The van der Waals surface area contributed by atoms with Crippen LogP contribution in [0.1, 0.15) is 37.7 Å². The molecule has 1 atom stereocenters. The third kappa shape index (κ3) is 1.59. The first-order valence-electron chi connectivity index (χ1n) is 6.16. The van der Waals surface area contributed by atoms with Crippen molar-refractivity contribution in [2.75, 3.05) is 0 Å². The number of hydrogen-bond donors (Lipinski definition) is 1. The summed E-state index contributed by atoms with van der Waals surface area (Å²) in [6.45, 7) is 1.05. The summed E-state index contributed by atoms with van der Waals surface area (Å²) >= 11 is 0. The van der Waals surface area contributed by atoms with Crippen LogP contribution in [0.15, 0.2) is 30.3 Å². The third-order valence-electron chi connectivity index (χ3n) is 4.41. The van der Waals surface area contributed by atoms with E-state index in [9.17, 15) is 0 Å². The maximum atomic E-state index is 3.73. The van der Waals surface area contributed by atoms with Crippen LogP contribution >= 0.6 is 0 Å². The Morgan fingerprint density at radius 2 is 1.93 bits per heavy atom. The van der Waals surface area contributed by atoms with E-state index in [0.29, 0.717) is 0 Å². The van der Waals surface area contributed by atoms with Crippen LogP contribution in [0.25, 0.3) is 0 Å². The molecular formula is C14H19N. The van der Waals surface area contributed by atoms with Crippen LogP contribution in [-0.4, -0.2) is 6.04 Å². The highest BCUT2D eigenvalue weighted by molar-refractivity contribution is 5.15. The van der Waals surface area contributed by atoms with Crippen LogP contribution in [0, 0.1) is 5.41 Å². The zero-order valence-corrected chi connectivity index (χ0v) is 9.21. The van der Waals surface area contributed by atoms with Crippen molar-refractivity contribution in [1.29, 1.82) is 0 Å². The largest absolute Gasteiger partial charge is 0.309 e. The number of rotatable bonds is 3. The van der Waals surface area contributed by atoms with Gasteiger partial charge in [-0.25, -0.2) is 0 Å². The van der Waals surface area contributed by atoms with Crippen LogP contribution in [0.4, 0.5) is 0 Å². The van der Waals surface area contributed by atoms with Gasteiger partial charge in [0.15, 0.2) is 0 Å². The van der Waals surface area contributed by atoms with Gasteiger partial charge in [0.1, 0.15) is 0 Å². The second-order valence-corrected chi connectivity index (χ2v) is 5.17. The Labute approximate surface area is 91.9 Å². The monoisotopic (exact) mass is 201 g/mol. The van der Waals surface area contributed by atoms with Crippen molar-refractivity contribution in [2.45, 2.75) is 44.7 Å². The highest BCUT2D eigenvalue weighted by Crippen LogP contribution is 2.55. The van der Waals surface area contributed by atoms with E-state index in [-0.39, 0.29) is 0 Å². The maximum Gasteiger partial charge on any atom is 0.0208 e. The summed E-state index contributed by atoms with van der Waals surface area (Å²) in [6.07, 6.45) is 7.27. The predicted octanol–water partition coefficient (Wildman–Crippen LogP) is 3.11. The van der Waals surface area contributed by atoms with Crippen molar-refractivity contribution in [3.8, 4) is 0 Å². The Kier molecular flexibility index (Phi) is 2.28. The lowest BCUT2D eigenvalue weighted by Gasteiger charge is -2.56. The SMILES string of the molecule is c1ccc(CNC2CCC23CCC3)cc1. The molecule has 15 heavy (non-hydrogen) atoms. The molecule has 0 radical (unpaired) electrons. The fourth-order valence-corrected chi connectivity index (χ4v) is 3.08. The first-order valence-corrected chi connectivity index (χ1v) is 6.16. The minimum atomic E-state index is 0.731. The molecule has 0 aliphatic heterocycles. The first kappa shape index (κ1) is 9.41. The summed E-state index contributed by atoms with van der Waals surface area (Å²) < 4.78 is 0. The molecule has 1 heteroatoms. The molecule has 2 aliphatic rings. The lowest BCUT2D eigenvalue weighted by atomic mass is 9.53. The van der Waals surface area contributed by atoms with Gasteiger partial charge in [-0.3, -0.25) is 0 Å². The van der Waals surface area contributed by atoms with E-state index in [1.165, 1.54) is 37.7 Å². The van der Waals surface area contributed by atoms with Crippen molar-refractivity contribution in [2.24, 2.45) is 5.41 Å². The minimum absolute atomic E-state index is 0.731. The summed E-state index contributed by atoms with van der Waals surface area (Å²) in [5.74, 6) is 0. The van der Waals surface area contributed by atoms with Crippen molar-refractivity contribution in [1.82, 2.24) is 5.32 Å². The smallest absolute Gasteiger partial charge is 0.0208 e. The molecule has 0 bridgehead atoms. The Balaban J connectivity index is 1.54. The van der Waals surface area contributed by atoms with Gasteiger partial charge in [-0.15, -0.1) is 0 Å². The summed E-state index contributed by atoms with van der Waals surface area (Å²) in [5.41, 5.74) is 2.15. The summed E-state index contributed by atoms with van der Waals surface area (Å²) in [4.78, 5) is 0. The average Bonchev–Trinajstić information content (AvgIpc) is 2.16. The fourth-order valence-electron chi connectivity index (χ4n) is 3.08. The molecule has 1 aromatic rings. The van der Waals surface area contributed by atoms with Crippen LogP contribution < -0.4 is 5.32 Å². The molecule has 3 rings (SSSR count). The second kappa shape index (κ2) is 3.64. The van der Waals surface area contributed by atoms with Crippen molar-refractivity contribution in [3.05, 3.63) is 35.9 Å². The summed E-state index contributed by atoms with van der Waals surface area (Å²) in [6, 6.07) is 11.6. The number of nitrogens with one attached hydrogen (secondary N) is 1. The van der Waals surface area contributed by atoms with E-state index in [4.69, 9.17) is 0 Å². The molecule has 2 aliphatic carbocycles. The molecule has 1 spiro atoms. The standard InChI is InChI=1S/C14H19N/c1-2-5-12(6-3-1)11-15-13-7-10-14(13)8-4-9-14/h1-3,5-6,13,15H,4,7-11H2. The van der Waals surface area contributed by atoms with Gasteiger partial charge in [-0.2, -0.15) is 0 Å². The predicted molar refractivity (Wildman–Crippen MR) is 62.6 cm³/mol. The first-order chi connectivity index (χ1) is 7.39. The van der Waals surface area contributed by atoms with Gasteiger partial charge in [-0.05, 0) is 36.7 Å². The Morgan fingerprint density at radius 3 is 2.47 bits per heavy atom. The molecule has 2 saturated carbocycles. The molecule has 80 valence electrons. The highest BCUT2D eigenvalue weighted by atomic mass is 15.0. The van der Waals surface area contributed by atoms with Crippen LogP contribution in [0.3, 0.4) is 0 Å². The topological polar surface area (TPSA) is 12.0 Å². The Hall–Kier alpha value is -0.820. The molecule has 0 amide bonds. The number of benzene rings is 1. The van der Waals surface area contributed by atoms with Gasteiger partial charge in [0.25, 0.3) is 0 Å². The fraction of sp³-hybridized carbons (Fsp3) is 0.571. The second-order valence-electron chi connectivity index (χ2n) is 5.17. The normalized spacial score (nSPS) is 27.1. The van der Waals surface area contributed by atoms with Crippen LogP contribution in [-0.2, 0) is 6.54 Å². The molecule has 0 heterocycles. The summed E-state index contributed by atoms with van der Waals surface area (Å²) in [5, 5.41) is 3.73. The van der Waals surface area contributed by atoms with Gasteiger partial charge in [-0.1, -0.05) is 36.8 Å². The molecule has 1 aromatic carbocycles. The van der Waals surface area contributed by atoms with Crippen molar-refractivity contribution >= 4 is 0 Å². The maximum absolute atomic E-state index is 3.73. The quantitative estimate of drug-likeness (QED) is 0.792. The van der Waals surface area contributed by atoms with E-state index in [1.807, 2.05) is 0 Å². The molecule has 1 unspecified atom stereocenters. The third-order valence-corrected chi connectivity index (χ3v) is 4.41. The molecule has 1 nitrogen and oxygen atoms in total. The molecular weight excluding hydrogens is 182 g/mol. The molecule has 0 saturated heterocycles. The lowest BCUT2D eigenvalue weighted by molar-refractivity contribution is -0.0181. The van der Waals surface area contributed by atoms with Gasteiger partial charge in [0.2, 0.25) is 0 Å². The molecule has 1 N–H and O–H groups in total. The Bertz CT molecular complexity index is 321. The highest BCUT2D eigenvalue weighted by Gasteiger charge is 2.50. The zero-order chi connectivity index (χ0) is 10.1. The van der Waals surface area contributed by atoms with E-state index in [1.54, 1.807) is 0 Å². The van der Waals surface area contributed by atoms with Gasteiger partial charge in [0, 0.05) is 12.6 Å². The van der Waals surface area contributed by atoms with Gasteiger partial charge < -0.3 is 5.32 Å². The van der Waals surface area contributed by atoms with E-state index < -0.39 is 0 Å². The molecule has 0 aromatic heterocycles. The zero-order valence-electron chi connectivity index (χ0n) is 9.21. The van der Waals surface area contributed by atoms with Crippen molar-refractivity contribution < 1.29 is 0 Å². The molecule has 2 fully saturated rings. The van der Waals surface area contributed by atoms with E-state index in [0.717, 1.165) is 18.0 Å². The lowest BCUT2D eigenvalue weighted by Crippen LogP contribution is -2.56. The van der Waals surface area contributed by atoms with Crippen LogP contribution in [0.5, 0.6) is 0 Å². The summed E-state index contributed by atoms with van der Waals surface area (Å²) in [7, 11) is 0. The van der Waals surface area contributed by atoms with Crippen LogP contribution in [0.2, 0.25) is 0 Å². The average molecular weight is 201 g/mol. The van der Waals surface area contributed by atoms with E-state index in [2.05, 4.69) is 35.6 Å². The van der Waals surface area contributed by atoms with E-state index >= 15 is 0 Å². The minimum Gasteiger partial charge on any atom is -0.309 e. The van der Waals surface area contributed by atoms with Gasteiger partial charge in [0.05, 0.1) is 0 Å². The Morgan fingerprint density at radius 1 is 1.13 bits per heavy atom. The number of hydrogen-bond acceptors (Lipinski definition) is 1. The van der Waals surface area contributed by atoms with Crippen molar-refractivity contribution in [3.63, 3.8) is 0 Å².